The zero-order chi connectivity index (χ0) is 11.9. The minimum Gasteiger partial charge on any atom is -0.317 e. The molecular weight excluding hydrogens is 227 g/mol. The molecule has 16 heavy (non-hydrogen) atoms. The van der Waals surface area contributed by atoms with Crippen LogP contribution in [0.4, 0.5) is 0 Å². The van der Waals surface area contributed by atoms with Gasteiger partial charge in [0, 0.05) is 13.1 Å². The van der Waals surface area contributed by atoms with Gasteiger partial charge in [-0.15, -0.1) is 0 Å². The van der Waals surface area contributed by atoms with E-state index in [0.29, 0.717) is 13.2 Å². The molecule has 1 N–H and O–H groups in total. The summed E-state index contributed by atoms with van der Waals surface area (Å²) in [5.74, 6) is 0. The van der Waals surface area contributed by atoms with Gasteiger partial charge < -0.3 is 5.32 Å². The van der Waals surface area contributed by atoms with Crippen molar-refractivity contribution in [3.05, 3.63) is 0 Å². The van der Waals surface area contributed by atoms with Crippen molar-refractivity contribution in [2.45, 2.75) is 26.7 Å². The predicted molar refractivity (Wildman–Crippen MR) is 64.5 cm³/mol. The highest BCUT2D eigenvalue weighted by Gasteiger charge is 2.32. The number of nitrogens with zero attached hydrogens (tertiary/aromatic N) is 1. The summed E-state index contributed by atoms with van der Waals surface area (Å²) in [5.41, 5.74) is 0. The van der Waals surface area contributed by atoms with Gasteiger partial charge in [0.2, 0.25) is 0 Å². The third-order valence-corrected chi connectivity index (χ3v) is 4.73. The minimum atomic E-state index is -3.04. The Labute approximate surface area is 98.1 Å². The summed E-state index contributed by atoms with van der Waals surface area (Å²) >= 11 is 0. The molecule has 0 aromatic carbocycles. The van der Waals surface area contributed by atoms with Crippen LogP contribution in [0.25, 0.3) is 0 Å². The molecule has 1 saturated heterocycles. The zero-order valence-corrected chi connectivity index (χ0v) is 11.2. The molecule has 0 aliphatic carbocycles. The Kier molecular flexibility index (Phi) is 6.54. The molecule has 5 nitrogen and oxygen atoms in total. The van der Waals surface area contributed by atoms with E-state index in [-0.39, 0.29) is 0 Å². The summed E-state index contributed by atoms with van der Waals surface area (Å²) < 4.78 is 25.1. The van der Waals surface area contributed by atoms with Crippen LogP contribution >= 0.6 is 7.75 Å². The lowest BCUT2D eigenvalue weighted by molar-refractivity contribution is 0.163. The van der Waals surface area contributed by atoms with Crippen LogP contribution in [0.15, 0.2) is 0 Å². The monoisotopic (exact) mass is 250 g/mol. The van der Waals surface area contributed by atoms with Gasteiger partial charge in [-0.3, -0.25) is 9.05 Å². The van der Waals surface area contributed by atoms with Crippen LogP contribution in [0.5, 0.6) is 0 Å². The number of nitrogens with one attached hydrogen (secondary N) is 1. The molecule has 1 rings (SSSR count). The lowest BCUT2D eigenvalue weighted by Crippen LogP contribution is -2.33. The summed E-state index contributed by atoms with van der Waals surface area (Å²) in [6, 6.07) is 0. The molecule has 0 bridgehead atoms. The van der Waals surface area contributed by atoms with E-state index in [0.717, 1.165) is 39.0 Å². The van der Waals surface area contributed by atoms with Crippen LogP contribution in [0.2, 0.25) is 0 Å². The second-order valence-corrected chi connectivity index (χ2v) is 5.73. The second-order valence-electron chi connectivity index (χ2n) is 3.71. The van der Waals surface area contributed by atoms with Crippen LogP contribution in [0, 0.1) is 0 Å². The second kappa shape index (κ2) is 7.41. The Morgan fingerprint density at radius 1 is 1.12 bits per heavy atom. The molecule has 6 heteroatoms. The average Bonchev–Trinajstić information content (AvgIpc) is 2.16. The van der Waals surface area contributed by atoms with Gasteiger partial charge in [0.15, 0.2) is 0 Å². The Morgan fingerprint density at radius 2 is 1.62 bits per heavy atom. The van der Waals surface area contributed by atoms with Crippen LogP contribution < -0.4 is 5.32 Å². The van der Waals surface area contributed by atoms with Crippen molar-refractivity contribution < 1.29 is 13.6 Å². The third kappa shape index (κ3) is 4.15. The van der Waals surface area contributed by atoms with E-state index in [9.17, 15) is 4.57 Å². The van der Waals surface area contributed by atoms with Crippen LogP contribution in [-0.2, 0) is 13.6 Å². The fraction of sp³-hybridized carbons (Fsp3) is 1.00. The van der Waals surface area contributed by atoms with Crippen molar-refractivity contribution in [2.75, 3.05) is 39.4 Å². The van der Waals surface area contributed by atoms with Gasteiger partial charge in [-0.05, 0) is 39.8 Å². The van der Waals surface area contributed by atoms with Gasteiger partial charge >= 0.3 is 7.75 Å². The van der Waals surface area contributed by atoms with E-state index in [1.54, 1.807) is 0 Å². The predicted octanol–water partition coefficient (Wildman–Crippen LogP) is 1.85. The molecule has 0 spiro atoms. The maximum absolute atomic E-state index is 12.5. The third-order valence-electron chi connectivity index (χ3n) is 2.47. The van der Waals surface area contributed by atoms with E-state index in [2.05, 4.69) is 5.32 Å². The highest BCUT2D eigenvalue weighted by Crippen LogP contribution is 2.51. The van der Waals surface area contributed by atoms with Crippen molar-refractivity contribution in [2.24, 2.45) is 0 Å². The van der Waals surface area contributed by atoms with Crippen molar-refractivity contribution in [1.29, 1.82) is 0 Å². The Hall–Kier alpha value is 0.0700. The first kappa shape index (κ1) is 14.1. The Bertz CT molecular complexity index is 220. The summed E-state index contributed by atoms with van der Waals surface area (Å²) in [7, 11) is -3.04. The number of hydrogen-bond donors (Lipinski definition) is 1. The molecule has 0 unspecified atom stereocenters. The highest BCUT2D eigenvalue weighted by molar-refractivity contribution is 7.51. The first-order valence-electron chi connectivity index (χ1n) is 6.08. The molecule has 0 atom stereocenters. The first-order valence-corrected chi connectivity index (χ1v) is 7.57. The maximum Gasteiger partial charge on any atom is 0.408 e. The molecule has 96 valence electrons. The first-order chi connectivity index (χ1) is 7.73. The topological polar surface area (TPSA) is 50.8 Å². The van der Waals surface area contributed by atoms with Crippen LogP contribution in [0.3, 0.4) is 0 Å². The van der Waals surface area contributed by atoms with E-state index >= 15 is 0 Å². The molecule has 0 radical (unpaired) electrons. The quantitative estimate of drug-likeness (QED) is 0.755. The maximum atomic E-state index is 12.5. The van der Waals surface area contributed by atoms with Gasteiger partial charge in [-0.25, -0.2) is 9.24 Å². The van der Waals surface area contributed by atoms with Crippen molar-refractivity contribution in [3.63, 3.8) is 0 Å². The Balaban J connectivity index is 2.62. The van der Waals surface area contributed by atoms with Gasteiger partial charge in [0.1, 0.15) is 0 Å². The average molecular weight is 250 g/mol. The fourth-order valence-corrected chi connectivity index (χ4v) is 3.61. The molecular formula is C10H23N2O3P. The largest absolute Gasteiger partial charge is 0.408 e. The number of hydrogen-bond acceptors (Lipinski definition) is 4. The number of rotatable bonds is 5. The normalized spacial score (nSPS) is 20.4. The zero-order valence-electron chi connectivity index (χ0n) is 10.3. The molecule has 0 aromatic heterocycles. The van der Waals surface area contributed by atoms with E-state index in [1.807, 2.05) is 18.5 Å². The van der Waals surface area contributed by atoms with E-state index in [1.165, 1.54) is 0 Å². The molecule has 1 fully saturated rings. The summed E-state index contributed by atoms with van der Waals surface area (Å²) in [5, 5.41) is 3.33. The highest BCUT2D eigenvalue weighted by atomic mass is 31.2. The van der Waals surface area contributed by atoms with Crippen LogP contribution in [-0.4, -0.2) is 44.1 Å². The SMILES string of the molecule is CCOP(=O)(OCC)N1CCCNCCC1. The molecule has 0 amide bonds. The smallest absolute Gasteiger partial charge is 0.317 e. The summed E-state index contributed by atoms with van der Waals surface area (Å²) in [6.07, 6.45) is 1.95. The van der Waals surface area contributed by atoms with Crippen molar-refractivity contribution >= 4 is 7.75 Å². The lowest BCUT2D eigenvalue weighted by atomic mass is 10.3. The van der Waals surface area contributed by atoms with Crippen LogP contribution in [0.1, 0.15) is 26.7 Å². The summed E-state index contributed by atoms with van der Waals surface area (Å²) in [6.45, 7) is 8.00. The lowest BCUT2D eigenvalue weighted by Gasteiger charge is -2.30. The molecule has 0 saturated carbocycles. The van der Waals surface area contributed by atoms with Crippen molar-refractivity contribution in [3.8, 4) is 0 Å². The van der Waals surface area contributed by atoms with Gasteiger partial charge in [0.05, 0.1) is 13.2 Å². The van der Waals surface area contributed by atoms with Gasteiger partial charge in [-0.1, -0.05) is 0 Å². The standard InChI is InChI=1S/C10H23N2O3P/c1-3-14-16(13,15-4-2)12-9-5-7-11-8-6-10-12/h11H,3-10H2,1-2H3. The van der Waals surface area contributed by atoms with E-state index < -0.39 is 7.75 Å². The molecule has 0 aromatic rings. The van der Waals surface area contributed by atoms with Gasteiger partial charge in [0.25, 0.3) is 0 Å². The Morgan fingerprint density at radius 3 is 2.06 bits per heavy atom. The van der Waals surface area contributed by atoms with Gasteiger partial charge in [-0.2, -0.15) is 0 Å². The molecule has 1 heterocycles. The van der Waals surface area contributed by atoms with E-state index in [4.69, 9.17) is 9.05 Å². The fourth-order valence-electron chi connectivity index (χ4n) is 1.78. The summed E-state index contributed by atoms with van der Waals surface area (Å²) in [4.78, 5) is 0. The molecule has 1 aliphatic heterocycles. The minimum absolute atomic E-state index is 0.423. The molecule has 1 aliphatic rings. The van der Waals surface area contributed by atoms with Crippen molar-refractivity contribution in [1.82, 2.24) is 9.99 Å².